The first-order valence-corrected chi connectivity index (χ1v) is 9.09. The maximum absolute atomic E-state index is 5.66. The summed E-state index contributed by atoms with van der Waals surface area (Å²) in [5, 5.41) is 1.46. The van der Waals surface area contributed by atoms with Crippen LogP contribution in [0, 0.1) is 0 Å². The van der Waals surface area contributed by atoms with Crippen molar-refractivity contribution in [3.05, 3.63) is 11.6 Å². The van der Waals surface area contributed by atoms with E-state index in [4.69, 9.17) is 18.9 Å². The van der Waals surface area contributed by atoms with Gasteiger partial charge in [-0.2, -0.15) is 0 Å². The Balaban J connectivity index is 1.97. The number of thioether (sulfide) groups is 1. The molecule has 2 unspecified atom stereocenters. The molecule has 0 amide bonds. The second-order valence-electron chi connectivity index (χ2n) is 4.75. The van der Waals surface area contributed by atoms with Crippen LogP contribution in [-0.2, 0) is 14.2 Å². The molecule has 0 spiro atoms. The summed E-state index contributed by atoms with van der Waals surface area (Å²) in [6.07, 6.45) is 2.25. The normalized spacial score (nSPS) is 21.3. The molecular weight excluding hydrogens is 308 g/mol. The van der Waals surface area contributed by atoms with Crippen LogP contribution in [0.4, 0.5) is 0 Å². The molecule has 0 bridgehead atoms. The SMILES string of the molecule is CCOCCC1CC(OC)c2cc(OCOCC)sc2S1. The molecular formula is C15H24O4S2. The second-order valence-corrected chi connectivity index (χ2v) is 7.33. The lowest BCUT2D eigenvalue weighted by Crippen LogP contribution is -2.17. The van der Waals surface area contributed by atoms with Gasteiger partial charge in [0.05, 0.1) is 10.3 Å². The van der Waals surface area contributed by atoms with Crippen LogP contribution in [-0.4, -0.2) is 39.0 Å². The van der Waals surface area contributed by atoms with E-state index in [-0.39, 0.29) is 6.10 Å². The van der Waals surface area contributed by atoms with E-state index < -0.39 is 0 Å². The monoisotopic (exact) mass is 332 g/mol. The van der Waals surface area contributed by atoms with E-state index in [1.807, 2.05) is 25.6 Å². The molecule has 0 saturated heterocycles. The van der Waals surface area contributed by atoms with Crippen molar-refractivity contribution in [1.82, 2.24) is 0 Å². The van der Waals surface area contributed by atoms with Crippen LogP contribution in [0.3, 0.4) is 0 Å². The molecule has 0 aliphatic carbocycles. The number of hydrogen-bond acceptors (Lipinski definition) is 6. The summed E-state index contributed by atoms with van der Waals surface area (Å²) >= 11 is 3.61. The smallest absolute Gasteiger partial charge is 0.190 e. The molecule has 0 saturated carbocycles. The van der Waals surface area contributed by atoms with Crippen molar-refractivity contribution in [2.24, 2.45) is 0 Å². The molecule has 6 heteroatoms. The highest BCUT2D eigenvalue weighted by atomic mass is 32.2. The van der Waals surface area contributed by atoms with Crippen LogP contribution in [0.15, 0.2) is 10.3 Å². The van der Waals surface area contributed by atoms with Crippen molar-refractivity contribution in [2.75, 3.05) is 33.7 Å². The summed E-state index contributed by atoms with van der Waals surface area (Å²) in [7, 11) is 1.78. The van der Waals surface area contributed by atoms with E-state index in [2.05, 4.69) is 6.07 Å². The average Bonchev–Trinajstić information content (AvgIpc) is 2.89. The lowest BCUT2D eigenvalue weighted by atomic mass is 10.1. The summed E-state index contributed by atoms with van der Waals surface area (Å²) < 4.78 is 23.3. The molecule has 2 rings (SSSR count). The third kappa shape index (κ3) is 4.86. The van der Waals surface area contributed by atoms with Crippen molar-refractivity contribution >= 4 is 23.1 Å². The summed E-state index contributed by atoms with van der Waals surface area (Å²) in [5.74, 6) is 0. The third-order valence-corrected chi connectivity index (χ3v) is 5.97. The quantitative estimate of drug-likeness (QED) is 0.503. The Bertz CT molecular complexity index is 422. The fraction of sp³-hybridized carbons (Fsp3) is 0.733. The van der Waals surface area contributed by atoms with Crippen molar-refractivity contribution in [3.63, 3.8) is 0 Å². The molecule has 1 aromatic rings. The lowest BCUT2D eigenvalue weighted by molar-refractivity contribution is 0.0245. The molecule has 0 radical (unpaired) electrons. The highest BCUT2D eigenvalue weighted by Gasteiger charge is 2.30. The van der Waals surface area contributed by atoms with Gasteiger partial charge in [-0.25, -0.2) is 0 Å². The van der Waals surface area contributed by atoms with Gasteiger partial charge in [-0.05, 0) is 32.8 Å². The van der Waals surface area contributed by atoms with Gasteiger partial charge in [0, 0.05) is 37.7 Å². The third-order valence-electron chi connectivity index (χ3n) is 3.36. The molecule has 120 valence electrons. The zero-order valence-electron chi connectivity index (χ0n) is 12.9. The van der Waals surface area contributed by atoms with Gasteiger partial charge in [-0.15, -0.1) is 11.8 Å². The largest absolute Gasteiger partial charge is 0.458 e. The highest BCUT2D eigenvalue weighted by Crippen LogP contribution is 2.49. The number of ether oxygens (including phenoxy) is 4. The van der Waals surface area contributed by atoms with Crippen molar-refractivity contribution in [2.45, 2.75) is 42.3 Å². The molecule has 0 N–H and O–H groups in total. The Morgan fingerprint density at radius 1 is 1.24 bits per heavy atom. The Morgan fingerprint density at radius 3 is 2.76 bits per heavy atom. The fourth-order valence-corrected chi connectivity index (χ4v) is 5.01. The first-order valence-electron chi connectivity index (χ1n) is 7.39. The van der Waals surface area contributed by atoms with Crippen LogP contribution >= 0.6 is 23.1 Å². The fourth-order valence-electron chi connectivity index (χ4n) is 2.26. The van der Waals surface area contributed by atoms with Crippen LogP contribution in [0.5, 0.6) is 5.06 Å². The van der Waals surface area contributed by atoms with Crippen molar-refractivity contribution in [1.29, 1.82) is 0 Å². The number of methoxy groups -OCH3 is 1. The minimum absolute atomic E-state index is 0.161. The molecule has 2 atom stereocenters. The van der Waals surface area contributed by atoms with Gasteiger partial charge in [0.25, 0.3) is 0 Å². The number of rotatable bonds is 9. The van der Waals surface area contributed by atoms with Crippen LogP contribution in [0.25, 0.3) is 0 Å². The minimum Gasteiger partial charge on any atom is -0.458 e. The van der Waals surface area contributed by atoms with Gasteiger partial charge in [0.15, 0.2) is 11.9 Å². The van der Waals surface area contributed by atoms with Gasteiger partial charge >= 0.3 is 0 Å². The molecule has 1 aliphatic heterocycles. The van der Waals surface area contributed by atoms with Gasteiger partial charge in [0.1, 0.15) is 0 Å². The molecule has 21 heavy (non-hydrogen) atoms. The van der Waals surface area contributed by atoms with Crippen LogP contribution in [0.2, 0.25) is 0 Å². The second kappa shape index (κ2) is 9.00. The van der Waals surface area contributed by atoms with E-state index in [0.717, 1.165) is 31.1 Å². The van der Waals surface area contributed by atoms with E-state index in [1.54, 1.807) is 18.4 Å². The number of fused-ring (bicyclic) bond motifs is 1. The summed E-state index contributed by atoms with van der Waals surface area (Å²) in [4.78, 5) is 0. The highest BCUT2D eigenvalue weighted by molar-refractivity contribution is 8.01. The minimum atomic E-state index is 0.161. The van der Waals surface area contributed by atoms with Gasteiger partial charge in [0.2, 0.25) is 0 Å². The lowest BCUT2D eigenvalue weighted by Gasteiger charge is -2.27. The van der Waals surface area contributed by atoms with Crippen molar-refractivity contribution < 1.29 is 18.9 Å². The topological polar surface area (TPSA) is 36.9 Å². The van der Waals surface area contributed by atoms with Crippen molar-refractivity contribution in [3.8, 4) is 5.06 Å². The van der Waals surface area contributed by atoms with Crippen LogP contribution in [0.1, 0.15) is 38.4 Å². The zero-order valence-corrected chi connectivity index (χ0v) is 14.6. The van der Waals surface area contributed by atoms with Gasteiger partial charge in [-0.3, -0.25) is 0 Å². The Morgan fingerprint density at radius 2 is 2.05 bits per heavy atom. The summed E-state index contributed by atoms with van der Waals surface area (Å²) in [6.45, 7) is 6.57. The number of hydrogen-bond donors (Lipinski definition) is 0. The molecule has 1 aromatic heterocycles. The molecule has 1 aliphatic rings. The van der Waals surface area contributed by atoms with Crippen LogP contribution < -0.4 is 4.74 Å². The summed E-state index contributed by atoms with van der Waals surface area (Å²) in [5.41, 5.74) is 1.26. The van der Waals surface area contributed by atoms with E-state index in [0.29, 0.717) is 18.6 Å². The van der Waals surface area contributed by atoms with E-state index >= 15 is 0 Å². The molecule has 0 fully saturated rings. The summed E-state index contributed by atoms with van der Waals surface area (Å²) in [6, 6.07) is 2.10. The standard InChI is InChI=1S/C15H24O4S2/c1-4-17-7-6-11-8-13(16-3)12-9-14(19-10-18-5-2)21-15(12)20-11/h9,11,13H,4-8,10H2,1-3H3. The van der Waals surface area contributed by atoms with E-state index in [9.17, 15) is 0 Å². The maximum Gasteiger partial charge on any atom is 0.190 e. The molecule has 0 aromatic carbocycles. The molecule has 4 nitrogen and oxygen atoms in total. The van der Waals surface area contributed by atoms with Gasteiger partial charge in [-0.1, -0.05) is 11.3 Å². The first kappa shape index (κ1) is 17.1. The average molecular weight is 332 g/mol. The number of thiophene rings is 1. The van der Waals surface area contributed by atoms with E-state index in [1.165, 1.54) is 9.77 Å². The van der Waals surface area contributed by atoms with Gasteiger partial charge < -0.3 is 18.9 Å². The predicted molar refractivity (Wildman–Crippen MR) is 86.6 cm³/mol. The Hall–Kier alpha value is -0.270. The Labute approximate surface area is 135 Å². The maximum atomic E-state index is 5.66. The zero-order chi connectivity index (χ0) is 15.1. The molecule has 2 heterocycles. The predicted octanol–water partition coefficient (Wildman–Crippen LogP) is 4.10. The Kier molecular flexibility index (Phi) is 7.33. The first-order chi connectivity index (χ1) is 10.3.